The first-order valence-electron chi connectivity index (χ1n) is 6.83. The van der Waals surface area contributed by atoms with Gasteiger partial charge in [-0.1, -0.05) is 13.8 Å². The molecule has 2 heterocycles. The lowest BCUT2D eigenvalue weighted by atomic mass is 10.0. The normalized spacial score (nSPS) is 28.4. The van der Waals surface area contributed by atoms with Gasteiger partial charge in [0.2, 0.25) is 5.91 Å². The van der Waals surface area contributed by atoms with Crippen LogP contribution in [0.25, 0.3) is 0 Å². The van der Waals surface area contributed by atoms with E-state index in [2.05, 4.69) is 36.0 Å². The van der Waals surface area contributed by atoms with Crippen LogP contribution in [-0.2, 0) is 4.79 Å². The van der Waals surface area contributed by atoms with E-state index in [0.29, 0.717) is 18.0 Å². The zero-order chi connectivity index (χ0) is 12.4. The predicted octanol–water partition coefficient (Wildman–Crippen LogP) is 0.679. The number of likely N-dealkylation sites (tertiary alicyclic amines) is 2. The molecule has 1 N–H and O–H groups in total. The third-order valence-corrected chi connectivity index (χ3v) is 3.90. The van der Waals surface area contributed by atoms with Gasteiger partial charge in [0.1, 0.15) is 0 Å². The maximum Gasteiger partial charge on any atom is 0.240 e. The second kappa shape index (κ2) is 5.36. The smallest absolute Gasteiger partial charge is 0.240 e. The van der Waals surface area contributed by atoms with Gasteiger partial charge in [-0.25, -0.2) is 0 Å². The van der Waals surface area contributed by atoms with E-state index in [9.17, 15) is 4.79 Å². The van der Waals surface area contributed by atoms with Crippen LogP contribution in [0.4, 0.5) is 0 Å². The van der Waals surface area contributed by atoms with E-state index in [1.807, 2.05) is 0 Å². The second-order valence-corrected chi connectivity index (χ2v) is 5.73. The van der Waals surface area contributed by atoms with E-state index in [0.717, 1.165) is 38.9 Å². The van der Waals surface area contributed by atoms with E-state index in [-0.39, 0.29) is 6.04 Å². The van der Waals surface area contributed by atoms with Gasteiger partial charge in [0.15, 0.2) is 0 Å². The molecular weight excluding hydrogens is 214 g/mol. The highest BCUT2D eigenvalue weighted by Crippen LogP contribution is 2.22. The van der Waals surface area contributed by atoms with Crippen LogP contribution in [0.3, 0.4) is 0 Å². The Morgan fingerprint density at radius 1 is 1.18 bits per heavy atom. The summed E-state index contributed by atoms with van der Waals surface area (Å²) >= 11 is 0. The van der Waals surface area contributed by atoms with Crippen LogP contribution < -0.4 is 5.32 Å². The molecule has 0 spiro atoms. The van der Waals surface area contributed by atoms with Crippen molar-refractivity contribution in [1.29, 1.82) is 0 Å². The van der Waals surface area contributed by atoms with Gasteiger partial charge in [0.05, 0.1) is 6.04 Å². The molecule has 98 valence electrons. The summed E-state index contributed by atoms with van der Waals surface area (Å²) in [6.45, 7) is 7.39. The van der Waals surface area contributed by atoms with Gasteiger partial charge >= 0.3 is 0 Å². The van der Waals surface area contributed by atoms with Crippen LogP contribution in [0.5, 0.6) is 0 Å². The van der Waals surface area contributed by atoms with Crippen LogP contribution in [-0.4, -0.2) is 60.5 Å². The van der Waals surface area contributed by atoms with E-state index in [1.165, 1.54) is 0 Å². The minimum absolute atomic E-state index is 0.0645. The highest BCUT2D eigenvalue weighted by Gasteiger charge is 2.36. The van der Waals surface area contributed by atoms with Crippen LogP contribution >= 0.6 is 0 Å². The average Bonchev–Trinajstić information content (AvgIpc) is 2.61. The lowest BCUT2D eigenvalue weighted by Gasteiger charge is -2.35. The third-order valence-electron chi connectivity index (χ3n) is 3.90. The van der Waals surface area contributed by atoms with Gasteiger partial charge in [-0.3, -0.25) is 4.79 Å². The summed E-state index contributed by atoms with van der Waals surface area (Å²) in [5.74, 6) is 0.327. The summed E-state index contributed by atoms with van der Waals surface area (Å²) < 4.78 is 0. The molecule has 1 atom stereocenters. The van der Waals surface area contributed by atoms with Crippen LogP contribution in [0, 0.1) is 0 Å². The van der Waals surface area contributed by atoms with Crippen molar-refractivity contribution in [3.63, 3.8) is 0 Å². The zero-order valence-corrected chi connectivity index (χ0v) is 11.3. The predicted molar refractivity (Wildman–Crippen MR) is 68.9 cm³/mol. The number of hydrogen-bond acceptors (Lipinski definition) is 3. The van der Waals surface area contributed by atoms with Crippen molar-refractivity contribution in [2.45, 2.75) is 51.2 Å². The maximum atomic E-state index is 12.3. The fraction of sp³-hybridized carbons (Fsp3) is 0.923. The van der Waals surface area contributed by atoms with Gasteiger partial charge in [-0.2, -0.15) is 0 Å². The highest BCUT2D eigenvalue weighted by molar-refractivity contribution is 5.84. The standard InChI is InChI=1S/C13H25N3O/c1-10(2)14-12-6-9-16(13(12)17)11-4-7-15(3)8-5-11/h10-12,14H,4-9H2,1-3H3. The van der Waals surface area contributed by atoms with E-state index in [4.69, 9.17) is 0 Å². The zero-order valence-electron chi connectivity index (χ0n) is 11.3. The molecule has 0 aromatic rings. The number of carbonyl (C=O) groups excluding carboxylic acids is 1. The van der Waals surface area contributed by atoms with E-state index in [1.54, 1.807) is 0 Å². The molecular formula is C13H25N3O. The van der Waals surface area contributed by atoms with Crippen molar-refractivity contribution in [3.8, 4) is 0 Å². The lowest BCUT2D eigenvalue weighted by Crippen LogP contribution is -2.48. The molecule has 1 unspecified atom stereocenters. The first kappa shape index (κ1) is 12.8. The Morgan fingerprint density at radius 2 is 1.82 bits per heavy atom. The molecule has 1 amide bonds. The molecule has 2 rings (SSSR count). The number of nitrogens with zero attached hydrogens (tertiary/aromatic N) is 2. The van der Waals surface area contributed by atoms with Crippen molar-refractivity contribution in [2.24, 2.45) is 0 Å². The van der Waals surface area contributed by atoms with Crippen molar-refractivity contribution < 1.29 is 4.79 Å². The van der Waals surface area contributed by atoms with Gasteiger partial charge in [0.25, 0.3) is 0 Å². The van der Waals surface area contributed by atoms with Crippen molar-refractivity contribution in [2.75, 3.05) is 26.7 Å². The Kier molecular flexibility index (Phi) is 4.05. The molecule has 4 heteroatoms. The molecule has 17 heavy (non-hydrogen) atoms. The molecule has 2 aliphatic rings. The Balaban J connectivity index is 1.89. The largest absolute Gasteiger partial charge is 0.338 e. The second-order valence-electron chi connectivity index (χ2n) is 5.73. The number of amides is 1. The molecule has 2 saturated heterocycles. The van der Waals surface area contributed by atoms with Crippen molar-refractivity contribution >= 4 is 5.91 Å². The third kappa shape index (κ3) is 2.99. The summed E-state index contributed by atoms with van der Waals surface area (Å²) in [4.78, 5) is 16.7. The highest BCUT2D eigenvalue weighted by atomic mass is 16.2. The molecule has 0 saturated carbocycles. The van der Waals surface area contributed by atoms with Gasteiger partial charge in [-0.15, -0.1) is 0 Å². The SMILES string of the molecule is CC(C)NC1CCN(C2CCN(C)CC2)C1=O. The quantitative estimate of drug-likeness (QED) is 0.786. The topological polar surface area (TPSA) is 35.6 Å². The fourth-order valence-electron chi connectivity index (χ4n) is 2.93. The molecule has 0 aromatic heterocycles. The summed E-state index contributed by atoms with van der Waals surface area (Å²) in [5, 5.41) is 3.37. The maximum absolute atomic E-state index is 12.3. The molecule has 4 nitrogen and oxygen atoms in total. The molecule has 2 aliphatic heterocycles. The van der Waals surface area contributed by atoms with Gasteiger partial charge < -0.3 is 15.1 Å². The number of rotatable bonds is 3. The summed E-state index contributed by atoms with van der Waals surface area (Å²) in [7, 11) is 2.16. The summed E-state index contributed by atoms with van der Waals surface area (Å²) in [5.41, 5.74) is 0. The van der Waals surface area contributed by atoms with Gasteiger partial charge in [0, 0.05) is 18.6 Å². The molecule has 0 radical (unpaired) electrons. The Morgan fingerprint density at radius 3 is 2.41 bits per heavy atom. The van der Waals surface area contributed by atoms with Crippen LogP contribution in [0.1, 0.15) is 33.1 Å². The van der Waals surface area contributed by atoms with E-state index < -0.39 is 0 Å². The minimum atomic E-state index is 0.0645. The Bertz CT molecular complexity index is 272. The monoisotopic (exact) mass is 239 g/mol. The summed E-state index contributed by atoms with van der Waals surface area (Å²) in [6, 6.07) is 0.939. The minimum Gasteiger partial charge on any atom is -0.338 e. The number of nitrogens with one attached hydrogen (secondary N) is 1. The molecule has 0 bridgehead atoms. The number of piperidine rings is 1. The van der Waals surface area contributed by atoms with Crippen molar-refractivity contribution in [1.82, 2.24) is 15.1 Å². The molecule has 0 aliphatic carbocycles. The number of hydrogen-bond donors (Lipinski definition) is 1. The average molecular weight is 239 g/mol. The Labute approximate surface area is 104 Å². The van der Waals surface area contributed by atoms with Crippen molar-refractivity contribution in [3.05, 3.63) is 0 Å². The first-order valence-corrected chi connectivity index (χ1v) is 6.83. The van der Waals surface area contributed by atoms with Gasteiger partial charge in [-0.05, 0) is 39.4 Å². The molecule has 2 fully saturated rings. The molecule has 0 aromatic carbocycles. The van der Waals surface area contributed by atoms with Crippen LogP contribution in [0.2, 0.25) is 0 Å². The lowest BCUT2D eigenvalue weighted by molar-refractivity contribution is -0.132. The first-order chi connectivity index (χ1) is 8.08. The fourth-order valence-corrected chi connectivity index (χ4v) is 2.93. The number of carbonyl (C=O) groups is 1. The Hall–Kier alpha value is -0.610. The van der Waals surface area contributed by atoms with E-state index >= 15 is 0 Å². The summed E-state index contributed by atoms with van der Waals surface area (Å²) in [6.07, 6.45) is 3.25. The van der Waals surface area contributed by atoms with Crippen LogP contribution in [0.15, 0.2) is 0 Å².